The number of nitrogens with zero attached hydrogens (tertiary/aromatic N) is 5. The summed E-state index contributed by atoms with van der Waals surface area (Å²) in [6.45, 7) is 2.19. The van der Waals surface area contributed by atoms with Crippen molar-refractivity contribution in [2.24, 2.45) is 0 Å². The van der Waals surface area contributed by atoms with Gasteiger partial charge in [0.05, 0.1) is 19.1 Å². The van der Waals surface area contributed by atoms with Gasteiger partial charge in [0.2, 0.25) is 5.91 Å². The number of ether oxygens (including phenoxy) is 1. The van der Waals surface area contributed by atoms with Crippen LogP contribution in [0.1, 0.15) is 16.1 Å². The van der Waals surface area contributed by atoms with Crippen molar-refractivity contribution in [3.8, 4) is 17.0 Å². The maximum absolute atomic E-state index is 13.4. The highest BCUT2D eigenvalue weighted by Crippen LogP contribution is 2.22. The molecule has 0 saturated carbocycles. The van der Waals surface area contributed by atoms with Crippen LogP contribution in [0, 0.1) is 5.82 Å². The summed E-state index contributed by atoms with van der Waals surface area (Å²) < 4.78 is 23.8. The molecule has 2 amide bonds. The number of hydrogen-bond acceptors (Lipinski definition) is 7. The molecule has 1 aliphatic rings. The number of carbonyl (C=O) groups excluding carboxylic acids is 2. The zero-order chi connectivity index (χ0) is 27.2. The molecule has 0 spiro atoms. The fraction of sp³-hybridized carbons (Fsp3) is 0.241. The largest absolute Gasteiger partial charge is 0.497 e. The van der Waals surface area contributed by atoms with Gasteiger partial charge in [-0.3, -0.25) is 9.59 Å². The molecule has 3 heterocycles. The lowest BCUT2D eigenvalue weighted by atomic mass is 10.1. The number of hydrogen-bond donors (Lipinski definition) is 0. The first-order valence-electron chi connectivity index (χ1n) is 12.6. The molecule has 1 saturated heterocycles. The fourth-order valence-electron chi connectivity index (χ4n) is 4.42. The van der Waals surface area contributed by atoms with Gasteiger partial charge in [0.25, 0.3) is 5.91 Å². The summed E-state index contributed by atoms with van der Waals surface area (Å²) in [6, 6.07) is 20.5. The van der Waals surface area contributed by atoms with Crippen molar-refractivity contribution < 1.29 is 23.1 Å². The molecule has 0 N–H and O–H groups in total. The van der Waals surface area contributed by atoms with E-state index in [1.165, 1.54) is 23.3 Å². The summed E-state index contributed by atoms with van der Waals surface area (Å²) in [5.41, 5.74) is 2.42. The average Bonchev–Trinajstić information content (AvgIpc) is 3.53. The zero-order valence-electron chi connectivity index (χ0n) is 21.5. The van der Waals surface area contributed by atoms with Crippen molar-refractivity contribution in [2.75, 3.05) is 44.7 Å². The van der Waals surface area contributed by atoms with Crippen molar-refractivity contribution >= 4 is 17.6 Å². The Morgan fingerprint density at radius 1 is 0.949 bits per heavy atom. The lowest BCUT2D eigenvalue weighted by molar-refractivity contribution is -0.132. The highest BCUT2D eigenvalue weighted by molar-refractivity contribution is 5.94. The van der Waals surface area contributed by atoms with E-state index >= 15 is 0 Å². The monoisotopic (exact) mass is 529 g/mol. The lowest BCUT2D eigenvalue weighted by Crippen LogP contribution is -2.52. The third-order valence-corrected chi connectivity index (χ3v) is 6.62. The SMILES string of the molecule is COc1ccc(-c2ccc(N3CCN(C(=O)CN(Cc4ccc(F)cc4)C(=O)c4ccco4)CC3)nn2)cc1. The van der Waals surface area contributed by atoms with E-state index in [0.29, 0.717) is 31.7 Å². The van der Waals surface area contributed by atoms with Gasteiger partial charge in [-0.05, 0) is 66.2 Å². The van der Waals surface area contributed by atoms with Crippen LogP contribution in [0.25, 0.3) is 11.3 Å². The molecule has 1 aliphatic heterocycles. The summed E-state index contributed by atoms with van der Waals surface area (Å²) >= 11 is 0. The van der Waals surface area contributed by atoms with Crippen LogP contribution < -0.4 is 9.64 Å². The highest BCUT2D eigenvalue weighted by Gasteiger charge is 2.27. The van der Waals surface area contributed by atoms with Crippen molar-refractivity contribution in [3.05, 3.63) is 96.2 Å². The molecule has 0 atom stereocenters. The summed E-state index contributed by atoms with van der Waals surface area (Å²) in [5.74, 6) is 0.731. The fourth-order valence-corrected chi connectivity index (χ4v) is 4.42. The van der Waals surface area contributed by atoms with E-state index in [1.54, 1.807) is 36.3 Å². The number of halogens is 1. The Balaban J connectivity index is 1.20. The molecule has 1 fully saturated rings. The summed E-state index contributed by atoms with van der Waals surface area (Å²) in [4.78, 5) is 31.5. The van der Waals surface area contributed by atoms with Crippen LogP contribution >= 0.6 is 0 Å². The molecule has 200 valence electrons. The van der Waals surface area contributed by atoms with Gasteiger partial charge in [0.15, 0.2) is 11.6 Å². The van der Waals surface area contributed by atoms with E-state index < -0.39 is 5.91 Å². The van der Waals surface area contributed by atoms with Crippen LogP contribution in [0.4, 0.5) is 10.2 Å². The van der Waals surface area contributed by atoms with E-state index in [9.17, 15) is 14.0 Å². The predicted molar refractivity (Wildman–Crippen MR) is 143 cm³/mol. The first-order valence-corrected chi connectivity index (χ1v) is 12.6. The average molecular weight is 530 g/mol. The van der Waals surface area contributed by atoms with Crippen LogP contribution in [-0.2, 0) is 11.3 Å². The third-order valence-electron chi connectivity index (χ3n) is 6.62. The topological polar surface area (TPSA) is 92.0 Å². The number of aromatic nitrogens is 2. The second-order valence-electron chi connectivity index (χ2n) is 9.14. The number of anilines is 1. The van der Waals surface area contributed by atoms with Crippen molar-refractivity contribution in [3.63, 3.8) is 0 Å². The van der Waals surface area contributed by atoms with Crippen LogP contribution in [-0.4, -0.2) is 71.6 Å². The van der Waals surface area contributed by atoms with Crippen molar-refractivity contribution in [1.29, 1.82) is 0 Å². The number of amides is 2. The van der Waals surface area contributed by atoms with Crippen molar-refractivity contribution in [2.45, 2.75) is 6.54 Å². The molecule has 9 nitrogen and oxygen atoms in total. The van der Waals surface area contributed by atoms with Crippen LogP contribution in [0.3, 0.4) is 0 Å². The van der Waals surface area contributed by atoms with Gasteiger partial charge in [0.1, 0.15) is 18.1 Å². The lowest BCUT2D eigenvalue weighted by Gasteiger charge is -2.36. The molecular weight excluding hydrogens is 501 g/mol. The number of methoxy groups -OCH3 is 1. The second kappa shape index (κ2) is 11.8. The molecule has 0 aliphatic carbocycles. The molecule has 5 rings (SSSR count). The molecule has 2 aromatic carbocycles. The third kappa shape index (κ3) is 6.23. The number of furan rings is 1. The standard InChI is InChI=1S/C29H28FN5O4/c1-38-24-10-6-22(7-11-24)25-12-13-27(32-31-25)33-14-16-34(17-15-33)28(36)20-35(29(37)26-3-2-18-39-26)19-21-4-8-23(30)9-5-21/h2-13,18H,14-17,19-20H2,1H3. The van der Waals surface area contributed by atoms with Crippen molar-refractivity contribution in [1.82, 2.24) is 20.0 Å². The molecule has 2 aromatic heterocycles. The molecule has 10 heteroatoms. The Bertz CT molecular complexity index is 1390. The van der Waals surface area contributed by atoms with E-state index in [1.807, 2.05) is 36.4 Å². The Morgan fingerprint density at radius 2 is 1.69 bits per heavy atom. The van der Waals surface area contributed by atoms with Gasteiger partial charge in [0, 0.05) is 38.3 Å². The number of piperazine rings is 1. The minimum atomic E-state index is -0.400. The van der Waals surface area contributed by atoms with E-state index in [0.717, 1.165) is 22.8 Å². The summed E-state index contributed by atoms with van der Waals surface area (Å²) in [5, 5.41) is 8.77. The summed E-state index contributed by atoms with van der Waals surface area (Å²) in [6.07, 6.45) is 1.41. The Hall–Kier alpha value is -4.73. The van der Waals surface area contributed by atoms with Gasteiger partial charge in [-0.15, -0.1) is 10.2 Å². The van der Waals surface area contributed by atoms with Crippen LogP contribution in [0.5, 0.6) is 5.75 Å². The number of benzene rings is 2. The van der Waals surface area contributed by atoms with Gasteiger partial charge in [-0.1, -0.05) is 12.1 Å². The van der Waals surface area contributed by atoms with Gasteiger partial charge in [-0.25, -0.2) is 4.39 Å². The predicted octanol–water partition coefficient (Wildman–Crippen LogP) is 3.88. The number of rotatable bonds is 8. The summed E-state index contributed by atoms with van der Waals surface area (Å²) in [7, 11) is 1.63. The highest BCUT2D eigenvalue weighted by atomic mass is 19.1. The first kappa shape index (κ1) is 25.9. The maximum Gasteiger partial charge on any atom is 0.290 e. The second-order valence-corrected chi connectivity index (χ2v) is 9.14. The van der Waals surface area contributed by atoms with Gasteiger partial charge < -0.3 is 23.9 Å². The normalized spacial score (nSPS) is 13.3. The Morgan fingerprint density at radius 3 is 2.31 bits per heavy atom. The van der Waals surface area contributed by atoms with E-state index in [4.69, 9.17) is 9.15 Å². The van der Waals surface area contributed by atoms with Crippen LogP contribution in [0.2, 0.25) is 0 Å². The molecule has 0 bridgehead atoms. The maximum atomic E-state index is 13.4. The minimum absolute atomic E-state index is 0.118. The molecular formula is C29H28FN5O4. The van der Waals surface area contributed by atoms with Crippen LogP contribution in [0.15, 0.2) is 83.5 Å². The van der Waals surface area contributed by atoms with Gasteiger partial charge in [-0.2, -0.15) is 0 Å². The zero-order valence-corrected chi connectivity index (χ0v) is 21.5. The smallest absolute Gasteiger partial charge is 0.290 e. The van der Waals surface area contributed by atoms with Gasteiger partial charge >= 0.3 is 0 Å². The minimum Gasteiger partial charge on any atom is -0.497 e. The molecule has 4 aromatic rings. The first-order chi connectivity index (χ1) is 19.0. The molecule has 0 radical (unpaired) electrons. The number of carbonyl (C=O) groups is 2. The van der Waals surface area contributed by atoms with E-state index in [-0.39, 0.29) is 30.6 Å². The Kier molecular flexibility index (Phi) is 7.81. The Labute approximate surface area is 225 Å². The van der Waals surface area contributed by atoms with E-state index in [2.05, 4.69) is 15.1 Å². The molecule has 39 heavy (non-hydrogen) atoms. The quantitative estimate of drug-likeness (QED) is 0.342. The molecule has 0 unspecified atom stereocenters.